The zero-order valence-corrected chi connectivity index (χ0v) is 14.4. The second kappa shape index (κ2) is 8.57. The molecule has 0 aromatic heterocycles. The van der Waals surface area contributed by atoms with Gasteiger partial charge in [0.25, 0.3) is 5.91 Å². The van der Waals surface area contributed by atoms with Crippen LogP contribution in [-0.2, 0) is 4.79 Å². The number of imide groups is 1. The van der Waals surface area contributed by atoms with Gasteiger partial charge in [-0.3, -0.25) is 19.8 Å². The lowest BCUT2D eigenvalue weighted by atomic mass is 10.1. The van der Waals surface area contributed by atoms with E-state index < -0.39 is 17.9 Å². The highest BCUT2D eigenvalue weighted by atomic mass is 19.1. The number of hydrogen-bond donors (Lipinski definition) is 2. The molecule has 25 heavy (non-hydrogen) atoms. The molecular weight excluding hydrogens is 327 g/mol. The van der Waals surface area contributed by atoms with Crippen LogP contribution in [-0.4, -0.2) is 66.4 Å². The summed E-state index contributed by atoms with van der Waals surface area (Å²) in [6, 6.07) is 4.88. The lowest BCUT2D eigenvalue weighted by Gasteiger charge is -2.37. The molecule has 1 aliphatic heterocycles. The van der Waals surface area contributed by atoms with Gasteiger partial charge in [-0.05, 0) is 26.0 Å². The van der Waals surface area contributed by atoms with E-state index in [2.05, 4.69) is 10.6 Å². The first kappa shape index (κ1) is 18.9. The van der Waals surface area contributed by atoms with Crippen molar-refractivity contribution in [1.29, 1.82) is 0 Å². The van der Waals surface area contributed by atoms with Crippen molar-refractivity contribution in [3.05, 3.63) is 35.6 Å². The molecule has 0 spiro atoms. The van der Waals surface area contributed by atoms with Crippen LogP contribution in [0.3, 0.4) is 0 Å². The average molecular weight is 350 g/mol. The number of nitrogens with one attached hydrogen (secondary N) is 2. The van der Waals surface area contributed by atoms with E-state index in [1.165, 1.54) is 12.1 Å². The monoisotopic (exact) mass is 350 g/mol. The second-order valence-corrected chi connectivity index (χ2v) is 5.83. The van der Waals surface area contributed by atoms with Gasteiger partial charge in [0.05, 0.1) is 11.6 Å². The molecule has 0 radical (unpaired) electrons. The standard InChI is InChI=1S/C17H23FN4O3/c1-3-19-17(25)20-15(23)12(2)21-8-10-22(11-9-21)16(24)13-6-4-5-7-14(13)18/h4-7,12H,3,8-11H2,1-2H3,(H2,19,20,23,25)/t12-/m0/s1. The first-order valence-electron chi connectivity index (χ1n) is 8.30. The van der Waals surface area contributed by atoms with E-state index in [4.69, 9.17) is 0 Å². The van der Waals surface area contributed by atoms with Crippen molar-refractivity contribution in [2.24, 2.45) is 0 Å². The van der Waals surface area contributed by atoms with Gasteiger partial charge >= 0.3 is 6.03 Å². The first-order chi connectivity index (χ1) is 11.9. The van der Waals surface area contributed by atoms with Crippen LogP contribution >= 0.6 is 0 Å². The number of hydrogen-bond acceptors (Lipinski definition) is 4. The predicted octanol–water partition coefficient (Wildman–Crippen LogP) is 0.818. The molecule has 1 aromatic carbocycles. The number of piperazine rings is 1. The number of carbonyl (C=O) groups excluding carboxylic acids is 3. The number of carbonyl (C=O) groups is 3. The number of halogens is 1. The molecule has 4 amide bonds. The molecule has 136 valence electrons. The van der Waals surface area contributed by atoms with Crippen molar-refractivity contribution in [3.63, 3.8) is 0 Å². The Balaban J connectivity index is 1.88. The molecule has 8 heteroatoms. The van der Waals surface area contributed by atoms with Crippen LogP contribution in [0.1, 0.15) is 24.2 Å². The summed E-state index contributed by atoms with van der Waals surface area (Å²) in [4.78, 5) is 39.3. The zero-order chi connectivity index (χ0) is 18.4. The van der Waals surface area contributed by atoms with Gasteiger partial charge in [0.1, 0.15) is 5.82 Å². The van der Waals surface area contributed by atoms with E-state index in [1.807, 2.05) is 4.90 Å². The maximum atomic E-state index is 13.7. The summed E-state index contributed by atoms with van der Waals surface area (Å²) in [7, 11) is 0. The number of nitrogens with zero attached hydrogens (tertiary/aromatic N) is 2. The minimum Gasteiger partial charge on any atom is -0.338 e. The Labute approximate surface area is 146 Å². The van der Waals surface area contributed by atoms with Crippen LogP contribution in [0.2, 0.25) is 0 Å². The molecular formula is C17H23FN4O3. The highest BCUT2D eigenvalue weighted by Gasteiger charge is 2.29. The number of rotatable bonds is 4. The van der Waals surface area contributed by atoms with Crippen LogP contribution in [0.4, 0.5) is 9.18 Å². The van der Waals surface area contributed by atoms with Crippen LogP contribution in [0.5, 0.6) is 0 Å². The minimum absolute atomic E-state index is 0.0537. The van der Waals surface area contributed by atoms with Gasteiger partial charge in [-0.15, -0.1) is 0 Å². The Bertz CT molecular complexity index is 645. The van der Waals surface area contributed by atoms with Crippen molar-refractivity contribution in [3.8, 4) is 0 Å². The average Bonchev–Trinajstić information content (AvgIpc) is 2.61. The van der Waals surface area contributed by atoms with Crippen molar-refractivity contribution >= 4 is 17.8 Å². The maximum Gasteiger partial charge on any atom is 0.321 e. The van der Waals surface area contributed by atoms with E-state index in [1.54, 1.807) is 30.9 Å². The highest BCUT2D eigenvalue weighted by molar-refractivity contribution is 5.97. The third-order valence-electron chi connectivity index (χ3n) is 4.21. The van der Waals surface area contributed by atoms with Gasteiger partial charge in [-0.2, -0.15) is 0 Å². The molecule has 1 aliphatic rings. The molecule has 1 atom stereocenters. The zero-order valence-electron chi connectivity index (χ0n) is 14.4. The van der Waals surface area contributed by atoms with Crippen LogP contribution in [0, 0.1) is 5.82 Å². The second-order valence-electron chi connectivity index (χ2n) is 5.83. The molecule has 1 fully saturated rings. The molecule has 2 rings (SSSR count). The highest BCUT2D eigenvalue weighted by Crippen LogP contribution is 2.13. The number of urea groups is 1. The first-order valence-corrected chi connectivity index (χ1v) is 8.30. The van der Waals surface area contributed by atoms with Gasteiger partial charge in [0.15, 0.2) is 0 Å². The summed E-state index contributed by atoms with van der Waals surface area (Å²) in [6.45, 7) is 5.65. The van der Waals surface area contributed by atoms with E-state index >= 15 is 0 Å². The van der Waals surface area contributed by atoms with Crippen LogP contribution in [0.15, 0.2) is 24.3 Å². The lowest BCUT2D eigenvalue weighted by Crippen LogP contribution is -2.56. The van der Waals surface area contributed by atoms with E-state index in [0.717, 1.165) is 0 Å². The molecule has 0 aliphatic carbocycles. The number of benzene rings is 1. The fraction of sp³-hybridized carbons (Fsp3) is 0.471. The van der Waals surface area contributed by atoms with Gasteiger partial charge in [-0.1, -0.05) is 12.1 Å². The van der Waals surface area contributed by atoms with Gasteiger partial charge in [0.2, 0.25) is 5.91 Å². The molecule has 0 unspecified atom stereocenters. The third-order valence-corrected chi connectivity index (χ3v) is 4.21. The summed E-state index contributed by atoms with van der Waals surface area (Å²) in [5.41, 5.74) is 0.0537. The largest absolute Gasteiger partial charge is 0.338 e. The molecule has 0 saturated carbocycles. The SMILES string of the molecule is CCNC(=O)NC(=O)[C@H](C)N1CCN(C(=O)c2ccccc2F)CC1. The van der Waals surface area contributed by atoms with E-state index in [9.17, 15) is 18.8 Å². The van der Waals surface area contributed by atoms with Crippen molar-refractivity contribution < 1.29 is 18.8 Å². The molecule has 2 N–H and O–H groups in total. The molecule has 1 heterocycles. The topological polar surface area (TPSA) is 81.8 Å². The van der Waals surface area contributed by atoms with Crippen molar-refractivity contribution in [2.75, 3.05) is 32.7 Å². The fourth-order valence-electron chi connectivity index (χ4n) is 2.70. The van der Waals surface area contributed by atoms with E-state index in [0.29, 0.717) is 32.7 Å². The summed E-state index contributed by atoms with van der Waals surface area (Å²) in [5.74, 6) is -1.28. The van der Waals surface area contributed by atoms with Crippen LogP contribution < -0.4 is 10.6 Å². The normalized spacial score (nSPS) is 16.2. The van der Waals surface area contributed by atoms with Crippen LogP contribution in [0.25, 0.3) is 0 Å². The fourth-order valence-corrected chi connectivity index (χ4v) is 2.70. The summed E-state index contributed by atoms with van der Waals surface area (Å²) in [5, 5.41) is 4.79. The Hall–Kier alpha value is -2.48. The van der Waals surface area contributed by atoms with Gasteiger partial charge in [-0.25, -0.2) is 9.18 Å². The van der Waals surface area contributed by atoms with E-state index in [-0.39, 0.29) is 17.4 Å². The molecule has 1 aromatic rings. The summed E-state index contributed by atoms with van der Waals surface area (Å²) < 4.78 is 13.7. The Morgan fingerprint density at radius 3 is 2.40 bits per heavy atom. The lowest BCUT2D eigenvalue weighted by molar-refractivity contribution is -0.125. The quantitative estimate of drug-likeness (QED) is 0.842. The predicted molar refractivity (Wildman–Crippen MR) is 90.6 cm³/mol. The Morgan fingerprint density at radius 1 is 1.16 bits per heavy atom. The smallest absolute Gasteiger partial charge is 0.321 e. The van der Waals surface area contributed by atoms with Gasteiger partial charge in [0, 0.05) is 32.7 Å². The van der Waals surface area contributed by atoms with Crippen molar-refractivity contribution in [1.82, 2.24) is 20.4 Å². The molecule has 7 nitrogen and oxygen atoms in total. The summed E-state index contributed by atoms with van der Waals surface area (Å²) >= 11 is 0. The third kappa shape index (κ3) is 4.76. The number of amides is 4. The van der Waals surface area contributed by atoms with Gasteiger partial charge < -0.3 is 10.2 Å². The van der Waals surface area contributed by atoms with Crippen molar-refractivity contribution in [2.45, 2.75) is 19.9 Å². The summed E-state index contributed by atoms with van der Waals surface area (Å²) in [6.07, 6.45) is 0. The molecule has 0 bridgehead atoms. The maximum absolute atomic E-state index is 13.7. The minimum atomic E-state index is -0.537. The Kier molecular flexibility index (Phi) is 6.46. The molecule has 1 saturated heterocycles. The Morgan fingerprint density at radius 2 is 1.80 bits per heavy atom.